The van der Waals surface area contributed by atoms with Crippen LogP contribution in [0.4, 0.5) is 0 Å². The molecule has 0 aliphatic carbocycles. The number of pyridine rings is 1. The minimum Gasteiger partial charge on any atom is -0.353 e. The van der Waals surface area contributed by atoms with Gasteiger partial charge in [-0.15, -0.1) is 0 Å². The van der Waals surface area contributed by atoms with Crippen molar-refractivity contribution in [2.45, 2.75) is 35.6 Å². The monoisotopic (exact) mass is 334 g/mol. The summed E-state index contributed by atoms with van der Waals surface area (Å²) in [5.74, 6) is 0.193. The van der Waals surface area contributed by atoms with E-state index in [9.17, 15) is 9.59 Å². The highest BCUT2D eigenvalue weighted by molar-refractivity contribution is 8.00. The number of nitrogens with zero attached hydrogens (tertiary/aromatic N) is 2. The molecule has 124 valence electrons. The third-order valence-electron chi connectivity index (χ3n) is 4.52. The lowest BCUT2D eigenvalue weighted by Crippen LogP contribution is -2.67. The van der Waals surface area contributed by atoms with Crippen LogP contribution in [0, 0.1) is 0 Å². The zero-order valence-corrected chi connectivity index (χ0v) is 14.1. The van der Waals surface area contributed by atoms with Crippen molar-refractivity contribution in [1.29, 1.82) is 0 Å². The fraction of sp³-hybridized carbons (Fsp3) is 0.562. The molecular weight excluding hydrogens is 312 g/mol. The maximum absolute atomic E-state index is 12.6. The number of thioether (sulfide) groups is 1. The van der Waals surface area contributed by atoms with Gasteiger partial charge in [-0.2, -0.15) is 0 Å². The van der Waals surface area contributed by atoms with Crippen molar-refractivity contribution >= 4 is 23.6 Å². The van der Waals surface area contributed by atoms with Gasteiger partial charge in [0.05, 0.1) is 10.3 Å². The van der Waals surface area contributed by atoms with E-state index in [-0.39, 0.29) is 17.1 Å². The summed E-state index contributed by atoms with van der Waals surface area (Å²) in [5.41, 5.74) is -0.480. The average molecular weight is 334 g/mol. The molecule has 3 heterocycles. The standard InChI is InChI=1S/C16H22N4O2S/c1-12(23-13-4-2-3-7-17-13)14(21)20-10-5-16(6-11-20)15(22)18-8-9-19-16/h2-4,7,12,19H,5-6,8-11H2,1H3,(H,18,22)/t12-/m1/s1. The van der Waals surface area contributed by atoms with Crippen LogP contribution in [0.15, 0.2) is 29.4 Å². The topological polar surface area (TPSA) is 74.3 Å². The largest absolute Gasteiger partial charge is 0.353 e. The van der Waals surface area contributed by atoms with Crippen LogP contribution in [0.2, 0.25) is 0 Å². The smallest absolute Gasteiger partial charge is 0.240 e. The molecule has 2 amide bonds. The van der Waals surface area contributed by atoms with Crippen LogP contribution in [0.3, 0.4) is 0 Å². The van der Waals surface area contributed by atoms with E-state index >= 15 is 0 Å². The Labute approximate surface area is 140 Å². The molecule has 0 bridgehead atoms. The Morgan fingerprint density at radius 1 is 1.35 bits per heavy atom. The fourth-order valence-electron chi connectivity index (χ4n) is 3.15. The Hall–Kier alpha value is -1.60. The molecule has 0 unspecified atom stereocenters. The number of hydrogen-bond acceptors (Lipinski definition) is 5. The summed E-state index contributed by atoms with van der Waals surface area (Å²) in [6.07, 6.45) is 3.08. The SMILES string of the molecule is C[C@@H](Sc1ccccn1)C(=O)N1CCC2(CC1)NCCNC2=O. The molecule has 0 radical (unpaired) electrons. The van der Waals surface area contributed by atoms with Crippen LogP contribution in [-0.2, 0) is 9.59 Å². The van der Waals surface area contributed by atoms with Crippen LogP contribution in [0.25, 0.3) is 0 Å². The Kier molecular flexibility index (Phi) is 4.87. The molecule has 2 saturated heterocycles. The quantitative estimate of drug-likeness (QED) is 0.794. The van der Waals surface area contributed by atoms with Crippen molar-refractivity contribution in [2.75, 3.05) is 26.2 Å². The molecule has 0 aromatic carbocycles. The molecule has 7 heteroatoms. The molecule has 2 fully saturated rings. The summed E-state index contributed by atoms with van der Waals surface area (Å²) in [5, 5.41) is 6.95. The Bertz CT molecular complexity index is 573. The third-order valence-corrected chi connectivity index (χ3v) is 5.56. The number of piperazine rings is 1. The van der Waals surface area contributed by atoms with E-state index in [1.165, 1.54) is 11.8 Å². The number of hydrogen-bond donors (Lipinski definition) is 2. The van der Waals surface area contributed by atoms with Crippen LogP contribution in [0.1, 0.15) is 19.8 Å². The molecule has 1 spiro atoms. The van der Waals surface area contributed by atoms with Crippen molar-refractivity contribution in [2.24, 2.45) is 0 Å². The molecule has 1 aromatic rings. The lowest BCUT2D eigenvalue weighted by atomic mass is 9.85. The van der Waals surface area contributed by atoms with Crippen LogP contribution in [0.5, 0.6) is 0 Å². The molecule has 3 rings (SSSR count). The summed E-state index contributed by atoms with van der Waals surface area (Å²) in [6, 6.07) is 5.70. The van der Waals surface area contributed by atoms with Gasteiger partial charge in [-0.3, -0.25) is 9.59 Å². The third kappa shape index (κ3) is 3.50. The van der Waals surface area contributed by atoms with Crippen molar-refractivity contribution < 1.29 is 9.59 Å². The molecule has 2 aliphatic heterocycles. The number of rotatable bonds is 3. The van der Waals surface area contributed by atoms with Gasteiger partial charge in [0.1, 0.15) is 5.54 Å². The summed E-state index contributed by atoms with van der Waals surface area (Å²) in [6.45, 7) is 4.63. The van der Waals surface area contributed by atoms with Crippen molar-refractivity contribution in [3.05, 3.63) is 24.4 Å². The zero-order chi connectivity index (χ0) is 16.3. The average Bonchev–Trinajstić information content (AvgIpc) is 2.59. The first-order valence-corrected chi connectivity index (χ1v) is 8.88. The molecule has 2 N–H and O–H groups in total. The predicted molar refractivity (Wildman–Crippen MR) is 89.1 cm³/mol. The lowest BCUT2D eigenvalue weighted by Gasteiger charge is -2.43. The zero-order valence-electron chi connectivity index (χ0n) is 13.2. The van der Waals surface area contributed by atoms with Crippen molar-refractivity contribution in [1.82, 2.24) is 20.5 Å². The second kappa shape index (κ2) is 6.88. The Morgan fingerprint density at radius 3 is 2.78 bits per heavy atom. The Morgan fingerprint density at radius 2 is 2.13 bits per heavy atom. The lowest BCUT2D eigenvalue weighted by molar-refractivity contribution is -0.138. The Balaban J connectivity index is 1.56. The molecule has 6 nitrogen and oxygen atoms in total. The van der Waals surface area contributed by atoms with Crippen LogP contribution >= 0.6 is 11.8 Å². The molecule has 1 aromatic heterocycles. The minimum atomic E-state index is -0.480. The molecule has 23 heavy (non-hydrogen) atoms. The normalized spacial score (nSPS) is 21.8. The van der Waals surface area contributed by atoms with E-state index in [0.717, 1.165) is 11.6 Å². The number of nitrogens with one attached hydrogen (secondary N) is 2. The summed E-state index contributed by atoms with van der Waals surface area (Å²) >= 11 is 1.48. The molecular formula is C16H22N4O2S. The number of carbonyl (C=O) groups is 2. The van der Waals surface area contributed by atoms with Gasteiger partial charge in [-0.05, 0) is 31.9 Å². The highest BCUT2D eigenvalue weighted by Crippen LogP contribution is 2.27. The maximum atomic E-state index is 12.6. The van der Waals surface area contributed by atoms with E-state index < -0.39 is 5.54 Å². The van der Waals surface area contributed by atoms with E-state index in [1.54, 1.807) is 6.20 Å². The van der Waals surface area contributed by atoms with Gasteiger partial charge in [0.15, 0.2) is 0 Å². The van der Waals surface area contributed by atoms with Gasteiger partial charge in [0.25, 0.3) is 0 Å². The summed E-state index contributed by atoms with van der Waals surface area (Å²) in [7, 11) is 0. The van der Waals surface area contributed by atoms with Crippen molar-refractivity contribution in [3.8, 4) is 0 Å². The molecule has 0 saturated carbocycles. The van der Waals surface area contributed by atoms with Gasteiger partial charge in [-0.25, -0.2) is 4.98 Å². The second-order valence-electron chi connectivity index (χ2n) is 6.02. The predicted octanol–water partition coefficient (Wildman–Crippen LogP) is 0.643. The first-order valence-electron chi connectivity index (χ1n) is 8.00. The first kappa shape index (κ1) is 16.3. The number of likely N-dealkylation sites (tertiary alicyclic amines) is 1. The van der Waals surface area contributed by atoms with Crippen LogP contribution in [-0.4, -0.2) is 58.7 Å². The minimum absolute atomic E-state index is 0.0757. The highest BCUT2D eigenvalue weighted by Gasteiger charge is 2.43. The van der Waals surface area contributed by atoms with E-state index in [2.05, 4.69) is 15.6 Å². The van der Waals surface area contributed by atoms with Gasteiger partial charge in [-0.1, -0.05) is 17.8 Å². The highest BCUT2D eigenvalue weighted by atomic mass is 32.2. The molecule has 1 atom stereocenters. The second-order valence-corrected chi connectivity index (χ2v) is 7.38. The van der Waals surface area contributed by atoms with Gasteiger partial charge >= 0.3 is 0 Å². The van der Waals surface area contributed by atoms with Crippen LogP contribution < -0.4 is 10.6 Å². The van der Waals surface area contributed by atoms with E-state index in [0.29, 0.717) is 32.5 Å². The fourth-order valence-corrected chi connectivity index (χ4v) is 4.04. The summed E-state index contributed by atoms with van der Waals surface area (Å²) in [4.78, 5) is 30.9. The van der Waals surface area contributed by atoms with Gasteiger partial charge in [0, 0.05) is 32.4 Å². The number of aromatic nitrogens is 1. The van der Waals surface area contributed by atoms with Gasteiger partial charge < -0.3 is 15.5 Å². The number of piperidine rings is 1. The van der Waals surface area contributed by atoms with E-state index in [4.69, 9.17) is 0 Å². The maximum Gasteiger partial charge on any atom is 0.240 e. The summed E-state index contributed by atoms with van der Waals surface area (Å²) < 4.78 is 0. The first-order chi connectivity index (χ1) is 11.1. The van der Waals surface area contributed by atoms with Gasteiger partial charge in [0.2, 0.25) is 11.8 Å². The number of amides is 2. The number of carbonyl (C=O) groups excluding carboxylic acids is 2. The van der Waals surface area contributed by atoms with Crippen molar-refractivity contribution in [3.63, 3.8) is 0 Å². The molecule has 2 aliphatic rings. The van der Waals surface area contributed by atoms with E-state index in [1.807, 2.05) is 30.0 Å².